The first-order valence-corrected chi connectivity index (χ1v) is 9.36. The number of likely N-dealkylation sites (tertiary alicyclic amines) is 1. The predicted octanol–water partition coefficient (Wildman–Crippen LogP) is 3.44. The lowest BCUT2D eigenvalue weighted by Gasteiger charge is -2.17. The van der Waals surface area contributed by atoms with Gasteiger partial charge in [0.15, 0.2) is 5.69 Å². The molecule has 1 N–H and O–H groups in total. The van der Waals surface area contributed by atoms with Crippen molar-refractivity contribution in [2.24, 2.45) is 0 Å². The summed E-state index contributed by atoms with van der Waals surface area (Å²) in [4.78, 5) is 27.7. The maximum atomic E-state index is 13.5. The largest absolute Gasteiger partial charge is 0.346 e. The predicted molar refractivity (Wildman–Crippen MR) is 99.1 cm³/mol. The van der Waals surface area contributed by atoms with Gasteiger partial charge in [-0.3, -0.25) is 9.78 Å². The van der Waals surface area contributed by atoms with Crippen LogP contribution in [0.15, 0.2) is 35.8 Å². The van der Waals surface area contributed by atoms with Gasteiger partial charge in [0.2, 0.25) is 5.95 Å². The van der Waals surface area contributed by atoms with E-state index in [0.717, 1.165) is 10.4 Å². The molecule has 1 aliphatic heterocycles. The Labute approximate surface area is 154 Å². The molecule has 1 aliphatic rings. The zero-order chi connectivity index (χ0) is 18.1. The number of fused-ring (bicyclic) bond motifs is 1. The van der Waals surface area contributed by atoms with Crippen molar-refractivity contribution in [3.8, 4) is 0 Å². The molecule has 1 saturated heterocycles. The van der Waals surface area contributed by atoms with Crippen LogP contribution in [0.25, 0.3) is 10.2 Å². The minimum atomic E-state index is -0.957. The van der Waals surface area contributed by atoms with Gasteiger partial charge in [-0.1, -0.05) is 6.07 Å². The number of nitrogens with one attached hydrogen (secondary N) is 1. The summed E-state index contributed by atoms with van der Waals surface area (Å²) in [7, 11) is 0. The topological polar surface area (TPSA) is 71.0 Å². The number of hydrogen-bond acceptors (Lipinski definition) is 6. The van der Waals surface area contributed by atoms with E-state index in [1.807, 2.05) is 36.6 Å². The number of hydrogen-bond donors (Lipinski definition) is 1. The van der Waals surface area contributed by atoms with Gasteiger partial charge in [0, 0.05) is 12.7 Å². The maximum absolute atomic E-state index is 13.5. The molecule has 6 nitrogen and oxygen atoms in total. The van der Waals surface area contributed by atoms with E-state index in [-0.39, 0.29) is 18.5 Å². The van der Waals surface area contributed by atoms with E-state index in [0.29, 0.717) is 30.1 Å². The van der Waals surface area contributed by atoms with Crippen LogP contribution in [0.1, 0.15) is 35.6 Å². The molecule has 134 valence electrons. The molecule has 0 bridgehead atoms. The second-order valence-electron chi connectivity index (χ2n) is 6.29. The Bertz CT molecular complexity index is 932. The molecule has 0 aromatic carbocycles. The summed E-state index contributed by atoms with van der Waals surface area (Å²) >= 11 is 1.42. The summed E-state index contributed by atoms with van der Waals surface area (Å²) in [5.41, 5.74) is 1.89. The number of thiophene rings is 1. The van der Waals surface area contributed by atoms with Gasteiger partial charge in [0.1, 0.15) is 6.17 Å². The third-order valence-electron chi connectivity index (χ3n) is 4.40. The van der Waals surface area contributed by atoms with Gasteiger partial charge >= 0.3 is 0 Å². The van der Waals surface area contributed by atoms with E-state index in [9.17, 15) is 9.18 Å². The zero-order valence-electron chi connectivity index (χ0n) is 14.2. The summed E-state index contributed by atoms with van der Waals surface area (Å²) in [6.07, 6.45) is 1.15. The Hall–Kier alpha value is -2.61. The molecule has 0 spiro atoms. The maximum Gasteiger partial charge on any atom is 0.274 e. The molecule has 0 saturated carbocycles. The molecule has 1 fully saturated rings. The Morgan fingerprint density at radius 1 is 1.38 bits per heavy atom. The number of halogens is 1. The van der Waals surface area contributed by atoms with Gasteiger partial charge in [-0.25, -0.2) is 14.4 Å². The van der Waals surface area contributed by atoms with Crippen LogP contribution in [0.2, 0.25) is 0 Å². The monoisotopic (exact) mass is 371 g/mol. The number of rotatable bonds is 4. The van der Waals surface area contributed by atoms with E-state index in [1.54, 1.807) is 6.20 Å². The third kappa shape index (κ3) is 3.24. The quantitative estimate of drug-likeness (QED) is 0.761. The number of pyridine rings is 1. The molecule has 0 aliphatic carbocycles. The number of alkyl halides is 1. The Morgan fingerprint density at radius 2 is 2.27 bits per heavy atom. The van der Waals surface area contributed by atoms with Crippen LogP contribution in [0.3, 0.4) is 0 Å². The first-order chi connectivity index (χ1) is 12.6. The summed E-state index contributed by atoms with van der Waals surface area (Å²) in [6.45, 7) is 2.51. The highest BCUT2D eigenvalue weighted by molar-refractivity contribution is 7.17. The second-order valence-corrected chi connectivity index (χ2v) is 7.20. The van der Waals surface area contributed by atoms with Crippen molar-refractivity contribution >= 4 is 33.4 Å². The molecule has 4 rings (SSSR count). The first-order valence-electron chi connectivity index (χ1n) is 8.48. The van der Waals surface area contributed by atoms with Crippen LogP contribution >= 0.6 is 11.3 Å². The van der Waals surface area contributed by atoms with E-state index in [2.05, 4.69) is 20.3 Å². The number of aromatic nitrogens is 3. The molecule has 3 aromatic rings. The van der Waals surface area contributed by atoms with Gasteiger partial charge < -0.3 is 10.2 Å². The summed E-state index contributed by atoms with van der Waals surface area (Å²) in [5.74, 6) is 0.127. The highest BCUT2D eigenvalue weighted by Crippen LogP contribution is 2.27. The SMILES string of the molecule is C[C@H](Nc1nc(C(=O)N2CC[C@@H](F)C2)c2sccc2n1)c1ccccn1. The van der Waals surface area contributed by atoms with Gasteiger partial charge in [-0.05, 0) is 36.9 Å². The molecule has 2 atom stereocenters. The summed E-state index contributed by atoms with van der Waals surface area (Å²) < 4.78 is 14.2. The Kier molecular flexibility index (Phi) is 4.50. The lowest BCUT2D eigenvalue weighted by molar-refractivity contribution is 0.0779. The molecule has 26 heavy (non-hydrogen) atoms. The Morgan fingerprint density at radius 3 is 3.00 bits per heavy atom. The minimum Gasteiger partial charge on any atom is -0.346 e. The van der Waals surface area contributed by atoms with Crippen LogP contribution in [-0.2, 0) is 0 Å². The van der Waals surface area contributed by atoms with Crippen LogP contribution in [0.4, 0.5) is 10.3 Å². The molecule has 1 amide bonds. The third-order valence-corrected chi connectivity index (χ3v) is 5.31. The highest BCUT2D eigenvalue weighted by atomic mass is 32.1. The number of carbonyl (C=O) groups is 1. The average Bonchev–Trinajstić information content (AvgIpc) is 3.30. The standard InChI is InChI=1S/C18H18FN5OS/c1-11(13-4-2-3-7-20-13)21-18-22-14-6-9-26-16(14)15(23-18)17(25)24-8-5-12(19)10-24/h2-4,6-7,9,11-12H,5,8,10H2,1H3,(H,21,22,23)/t11-,12+/m0/s1. The van der Waals surface area contributed by atoms with Crippen LogP contribution < -0.4 is 5.32 Å². The highest BCUT2D eigenvalue weighted by Gasteiger charge is 2.29. The summed E-state index contributed by atoms with van der Waals surface area (Å²) in [6, 6.07) is 7.43. The normalized spacial score (nSPS) is 18.2. The number of anilines is 1. The van der Waals surface area contributed by atoms with Crippen LogP contribution in [0, 0.1) is 0 Å². The van der Waals surface area contributed by atoms with E-state index in [1.165, 1.54) is 16.2 Å². The zero-order valence-corrected chi connectivity index (χ0v) is 15.0. The molecule has 0 radical (unpaired) electrons. The lowest BCUT2D eigenvalue weighted by atomic mass is 10.2. The van der Waals surface area contributed by atoms with Crippen molar-refractivity contribution in [3.05, 3.63) is 47.2 Å². The van der Waals surface area contributed by atoms with Crippen molar-refractivity contribution in [1.82, 2.24) is 19.9 Å². The van der Waals surface area contributed by atoms with Crippen molar-refractivity contribution in [1.29, 1.82) is 0 Å². The molecule has 8 heteroatoms. The van der Waals surface area contributed by atoms with Gasteiger partial charge in [0.25, 0.3) is 5.91 Å². The average molecular weight is 371 g/mol. The van der Waals surface area contributed by atoms with Crippen molar-refractivity contribution in [2.45, 2.75) is 25.6 Å². The first kappa shape index (κ1) is 16.8. The van der Waals surface area contributed by atoms with Crippen molar-refractivity contribution in [3.63, 3.8) is 0 Å². The fraction of sp³-hybridized carbons (Fsp3) is 0.333. The summed E-state index contributed by atoms with van der Waals surface area (Å²) in [5, 5.41) is 5.09. The molecular weight excluding hydrogens is 353 g/mol. The van der Waals surface area contributed by atoms with Crippen molar-refractivity contribution in [2.75, 3.05) is 18.4 Å². The molecular formula is C18H18FN5OS. The fourth-order valence-corrected chi connectivity index (χ4v) is 3.84. The van der Waals surface area contributed by atoms with E-state index < -0.39 is 6.17 Å². The molecule has 4 heterocycles. The van der Waals surface area contributed by atoms with E-state index in [4.69, 9.17) is 0 Å². The molecule has 3 aromatic heterocycles. The van der Waals surface area contributed by atoms with Crippen molar-refractivity contribution < 1.29 is 9.18 Å². The van der Waals surface area contributed by atoms with Crippen LogP contribution in [-0.4, -0.2) is 45.0 Å². The molecule has 0 unspecified atom stereocenters. The second kappa shape index (κ2) is 6.95. The fourth-order valence-electron chi connectivity index (χ4n) is 3.02. The smallest absolute Gasteiger partial charge is 0.274 e. The van der Waals surface area contributed by atoms with Crippen LogP contribution in [0.5, 0.6) is 0 Å². The number of carbonyl (C=O) groups excluding carboxylic acids is 1. The lowest BCUT2D eigenvalue weighted by Crippen LogP contribution is -2.30. The van der Waals surface area contributed by atoms with Gasteiger partial charge in [-0.15, -0.1) is 11.3 Å². The minimum absolute atomic E-state index is 0.114. The number of nitrogens with zero attached hydrogens (tertiary/aromatic N) is 4. The van der Waals surface area contributed by atoms with E-state index >= 15 is 0 Å². The number of amides is 1. The Balaban J connectivity index is 1.65. The van der Waals surface area contributed by atoms with Gasteiger partial charge in [-0.2, -0.15) is 0 Å². The van der Waals surface area contributed by atoms with Gasteiger partial charge in [0.05, 0.1) is 28.5 Å².